The van der Waals surface area contributed by atoms with Crippen molar-refractivity contribution < 1.29 is 13.2 Å². The summed E-state index contributed by atoms with van der Waals surface area (Å²) in [4.78, 5) is 0. The summed E-state index contributed by atoms with van der Waals surface area (Å²) in [6, 6.07) is 5.50. The molecule has 2 N–H and O–H groups in total. The van der Waals surface area contributed by atoms with Gasteiger partial charge in [-0.15, -0.1) is 0 Å². The monoisotopic (exact) mass is 299 g/mol. The van der Waals surface area contributed by atoms with Crippen LogP contribution >= 0.6 is 0 Å². The zero-order valence-corrected chi connectivity index (χ0v) is 12.7. The molecule has 1 fully saturated rings. The molecule has 0 bridgehead atoms. The highest BCUT2D eigenvalue weighted by molar-refractivity contribution is 5.26. The quantitative estimate of drug-likeness (QED) is 0.864. The van der Waals surface area contributed by atoms with E-state index in [4.69, 9.17) is 5.73 Å². The van der Waals surface area contributed by atoms with Crippen LogP contribution in [-0.2, 0) is 12.6 Å². The highest BCUT2D eigenvalue weighted by atomic mass is 19.4. The Morgan fingerprint density at radius 1 is 1.14 bits per heavy atom. The van der Waals surface area contributed by atoms with Crippen molar-refractivity contribution in [2.75, 3.05) is 0 Å². The molecule has 0 aromatic heterocycles. The van der Waals surface area contributed by atoms with E-state index >= 15 is 0 Å². The molecule has 0 aliphatic heterocycles. The molecule has 0 spiro atoms. The van der Waals surface area contributed by atoms with Gasteiger partial charge in [0.15, 0.2) is 0 Å². The number of hydrogen-bond donors (Lipinski definition) is 1. The Balaban J connectivity index is 2.04. The number of rotatable bonds is 3. The molecule has 3 atom stereocenters. The van der Waals surface area contributed by atoms with E-state index < -0.39 is 11.7 Å². The fraction of sp³-hybridized carbons (Fsp3) is 0.647. The van der Waals surface area contributed by atoms with Gasteiger partial charge >= 0.3 is 6.18 Å². The van der Waals surface area contributed by atoms with Gasteiger partial charge in [-0.1, -0.05) is 32.0 Å². The summed E-state index contributed by atoms with van der Waals surface area (Å²) in [5, 5.41) is 0. The fourth-order valence-electron chi connectivity index (χ4n) is 3.67. The molecule has 3 unspecified atom stereocenters. The average Bonchev–Trinajstić information content (AvgIpc) is 2.37. The lowest BCUT2D eigenvalue weighted by Crippen LogP contribution is -2.37. The van der Waals surface area contributed by atoms with Gasteiger partial charge in [0.05, 0.1) is 5.56 Å². The summed E-state index contributed by atoms with van der Waals surface area (Å²) < 4.78 is 38.2. The van der Waals surface area contributed by atoms with Crippen molar-refractivity contribution in [2.45, 2.75) is 51.7 Å². The molecular formula is C17H24F3N. The van der Waals surface area contributed by atoms with Crippen molar-refractivity contribution in [1.82, 2.24) is 0 Å². The van der Waals surface area contributed by atoms with E-state index in [2.05, 4.69) is 13.8 Å². The highest BCUT2D eigenvalue weighted by Crippen LogP contribution is 2.35. The summed E-state index contributed by atoms with van der Waals surface area (Å²) >= 11 is 0. The fourth-order valence-corrected chi connectivity index (χ4v) is 3.67. The van der Waals surface area contributed by atoms with Gasteiger partial charge in [0, 0.05) is 6.04 Å². The molecule has 1 saturated carbocycles. The first kappa shape index (κ1) is 16.3. The van der Waals surface area contributed by atoms with E-state index in [1.807, 2.05) is 0 Å². The topological polar surface area (TPSA) is 26.0 Å². The summed E-state index contributed by atoms with van der Waals surface area (Å²) in [5.41, 5.74) is 6.38. The van der Waals surface area contributed by atoms with Crippen LogP contribution in [0.5, 0.6) is 0 Å². The second-order valence-corrected chi connectivity index (χ2v) is 6.74. The Labute approximate surface area is 124 Å². The zero-order valence-electron chi connectivity index (χ0n) is 12.7. The minimum atomic E-state index is -4.28. The molecule has 21 heavy (non-hydrogen) atoms. The maximum absolute atomic E-state index is 12.7. The smallest absolute Gasteiger partial charge is 0.327 e. The first-order valence-electron chi connectivity index (χ1n) is 7.67. The van der Waals surface area contributed by atoms with Gasteiger partial charge in [-0.3, -0.25) is 0 Å². The van der Waals surface area contributed by atoms with Crippen LogP contribution in [0.1, 0.15) is 44.2 Å². The predicted octanol–water partition coefficient (Wildman–Crippen LogP) is 4.65. The number of alkyl halides is 3. The Morgan fingerprint density at radius 3 is 2.33 bits per heavy atom. The molecule has 1 aliphatic rings. The number of nitrogens with two attached hydrogens (primary N) is 1. The van der Waals surface area contributed by atoms with E-state index in [0.717, 1.165) is 18.9 Å². The van der Waals surface area contributed by atoms with Crippen LogP contribution in [0, 0.1) is 17.8 Å². The van der Waals surface area contributed by atoms with E-state index in [0.29, 0.717) is 29.7 Å². The Bertz CT molecular complexity index is 459. The normalized spacial score (nSPS) is 28.4. The van der Waals surface area contributed by atoms with Gasteiger partial charge in [0.2, 0.25) is 0 Å². The molecular weight excluding hydrogens is 275 g/mol. The molecule has 1 aromatic carbocycles. The number of hydrogen-bond acceptors (Lipinski definition) is 1. The van der Waals surface area contributed by atoms with E-state index in [9.17, 15) is 13.2 Å². The van der Waals surface area contributed by atoms with Crippen LogP contribution in [0.3, 0.4) is 0 Å². The first-order valence-corrected chi connectivity index (χ1v) is 7.67. The molecule has 0 heterocycles. The predicted molar refractivity (Wildman–Crippen MR) is 78.8 cm³/mol. The van der Waals surface area contributed by atoms with Crippen LogP contribution in [-0.4, -0.2) is 6.04 Å². The van der Waals surface area contributed by atoms with Crippen LogP contribution in [0.25, 0.3) is 0 Å². The van der Waals surface area contributed by atoms with Gasteiger partial charge in [0.25, 0.3) is 0 Å². The van der Waals surface area contributed by atoms with Gasteiger partial charge in [0.1, 0.15) is 0 Å². The minimum Gasteiger partial charge on any atom is -0.327 e. The second kappa shape index (κ2) is 6.39. The Hall–Kier alpha value is -1.03. The maximum atomic E-state index is 12.7. The molecule has 1 aromatic rings. The van der Waals surface area contributed by atoms with Gasteiger partial charge in [-0.25, -0.2) is 0 Å². The molecule has 1 aliphatic carbocycles. The van der Waals surface area contributed by atoms with Crippen molar-refractivity contribution in [2.24, 2.45) is 23.5 Å². The van der Waals surface area contributed by atoms with Crippen molar-refractivity contribution in [3.8, 4) is 0 Å². The lowest BCUT2D eigenvalue weighted by atomic mass is 9.73. The van der Waals surface area contributed by atoms with Crippen molar-refractivity contribution in [3.05, 3.63) is 35.4 Å². The number of halogens is 3. The minimum absolute atomic E-state index is 0.0568. The standard InChI is InChI=1S/C17H24F3N/c1-11-6-12(2)8-14(7-11)16(21)10-13-4-3-5-15(9-13)17(18,19)20/h3-5,9,11-12,14,16H,6-8,10,21H2,1-2H3. The van der Waals surface area contributed by atoms with Crippen LogP contribution in [0.4, 0.5) is 13.2 Å². The van der Waals surface area contributed by atoms with Crippen LogP contribution in [0.2, 0.25) is 0 Å². The second-order valence-electron chi connectivity index (χ2n) is 6.74. The summed E-state index contributed by atoms with van der Waals surface area (Å²) in [6.07, 6.45) is -0.357. The molecule has 0 saturated heterocycles. The third-order valence-electron chi connectivity index (χ3n) is 4.55. The third-order valence-corrected chi connectivity index (χ3v) is 4.55. The molecule has 0 radical (unpaired) electrons. The van der Waals surface area contributed by atoms with Crippen molar-refractivity contribution in [1.29, 1.82) is 0 Å². The third kappa shape index (κ3) is 4.47. The average molecular weight is 299 g/mol. The lowest BCUT2D eigenvalue weighted by Gasteiger charge is -2.35. The van der Waals surface area contributed by atoms with Gasteiger partial charge in [-0.2, -0.15) is 13.2 Å². The molecule has 118 valence electrons. The van der Waals surface area contributed by atoms with Gasteiger partial charge in [-0.05, 0) is 55.1 Å². The van der Waals surface area contributed by atoms with Gasteiger partial charge < -0.3 is 5.73 Å². The zero-order chi connectivity index (χ0) is 15.6. The van der Waals surface area contributed by atoms with Crippen LogP contribution in [0.15, 0.2) is 24.3 Å². The van der Waals surface area contributed by atoms with Crippen molar-refractivity contribution >= 4 is 0 Å². The van der Waals surface area contributed by atoms with E-state index in [1.165, 1.54) is 18.6 Å². The van der Waals surface area contributed by atoms with E-state index in [1.54, 1.807) is 6.07 Å². The SMILES string of the molecule is CC1CC(C)CC(C(N)Cc2cccc(C(F)(F)F)c2)C1. The Morgan fingerprint density at radius 2 is 1.76 bits per heavy atom. The van der Waals surface area contributed by atoms with Crippen LogP contribution < -0.4 is 5.73 Å². The maximum Gasteiger partial charge on any atom is 0.416 e. The summed E-state index contributed by atoms with van der Waals surface area (Å²) in [6.45, 7) is 4.47. The molecule has 4 heteroatoms. The number of benzene rings is 1. The largest absolute Gasteiger partial charge is 0.416 e. The summed E-state index contributed by atoms with van der Waals surface area (Å²) in [7, 11) is 0. The summed E-state index contributed by atoms with van der Waals surface area (Å²) in [5.74, 6) is 1.73. The molecule has 1 nitrogen and oxygen atoms in total. The van der Waals surface area contributed by atoms with E-state index in [-0.39, 0.29) is 6.04 Å². The molecule has 0 amide bonds. The van der Waals surface area contributed by atoms with Crippen molar-refractivity contribution in [3.63, 3.8) is 0 Å². The molecule has 2 rings (SSSR count). The first-order chi connectivity index (χ1) is 9.75. The highest BCUT2D eigenvalue weighted by Gasteiger charge is 2.31. The lowest BCUT2D eigenvalue weighted by molar-refractivity contribution is -0.137. The Kier molecular flexibility index (Phi) is 4.97.